The van der Waals surface area contributed by atoms with Crippen LogP contribution in [0.15, 0.2) is 63.8 Å². The first-order valence-electron chi connectivity index (χ1n) is 10.8. The fourth-order valence-corrected chi connectivity index (χ4v) is 3.19. The van der Waals surface area contributed by atoms with Crippen molar-refractivity contribution in [3.05, 3.63) is 70.6 Å². The van der Waals surface area contributed by atoms with Crippen LogP contribution in [0.2, 0.25) is 0 Å². The van der Waals surface area contributed by atoms with Crippen molar-refractivity contribution in [2.75, 3.05) is 31.6 Å². The zero-order chi connectivity index (χ0) is 24.5. The number of esters is 1. The number of ether oxygens (including phenoxy) is 2. The van der Waals surface area contributed by atoms with Crippen LogP contribution in [0.1, 0.15) is 18.9 Å². The van der Waals surface area contributed by atoms with Crippen LogP contribution in [0.4, 0.5) is 5.69 Å². The number of hydrogen-bond acceptors (Lipinski definition) is 7. The Hall–Kier alpha value is -4.14. The van der Waals surface area contributed by atoms with Crippen LogP contribution in [0.25, 0.3) is 11.0 Å². The van der Waals surface area contributed by atoms with E-state index in [4.69, 9.17) is 13.9 Å². The van der Waals surface area contributed by atoms with Gasteiger partial charge in [-0.3, -0.25) is 9.59 Å². The third-order valence-corrected chi connectivity index (χ3v) is 4.91. The van der Waals surface area contributed by atoms with Crippen molar-refractivity contribution in [2.45, 2.75) is 20.3 Å². The molecule has 0 spiro atoms. The van der Waals surface area contributed by atoms with Gasteiger partial charge in [-0.05, 0) is 43.2 Å². The average Bonchev–Trinajstić information content (AvgIpc) is 2.82. The molecule has 2 aromatic carbocycles. The number of fused-ring (bicyclic) bond motifs is 1. The Morgan fingerprint density at radius 2 is 1.79 bits per heavy atom. The molecule has 1 N–H and O–H groups in total. The molecular formula is C25H26N2O7. The van der Waals surface area contributed by atoms with Crippen molar-refractivity contribution in [1.82, 2.24) is 4.90 Å². The molecule has 1 heterocycles. The van der Waals surface area contributed by atoms with Crippen molar-refractivity contribution in [2.24, 2.45) is 0 Å². The van der Waals surface area contributed by atoms with E-state index in [-0.39, 0.29) is 12.5 Å². The molecule has 0 bridgehead atoms. The van der Waals surface area contributed by atoms with Crippen molar-refractivity contribution < 1.29 is 28.3 Å². The number of aryl methyl sites for hydroxylation is 1. The van der Waals surface area contributed by atoms with Gasteiger partial charge >= 0.3 is 11.6 Å². The molecule has 0 saturated heterocycles. The maximum Gasteiger partial charge on any atom is 0.344 e. The molecule has 0 radical (unpaired) electrons. The van der Waals surface area contributed by atoms with E-state index < -0.39 is 30.7 Å². The Balaban J connectivity index is 1.48. The Labute approximate surface area is 196 Å². The largest absolute Gasteiger partial charge is 0.482 e. The lowest BCUT2D eigenvalue weighted by atomic mass is 10.2. The number of carbonyl (C=O) groups is 3. The summed E-state index contributed by atoms with van der Waals surface area (Å²) in [6, 6.07) is 15.1. The molecular weight excluding hydrogens is 440 g/mol. The molecule has 0 atom stereocenters. The van der Waals surface area contributed by atoms with E-state index in [0.717, 1.165) is 5.56 Å². The van der Waals surface area contributed by atoms with Crippen molar-refractivity contribution in [1.29, 1.82) is 0 Å². The predicted molar refractivity (Wildman–Crippen MR) is 126 cm³/mol. The fourth-order valence-electron chi connectivity index (χ4n) is 3.19. The summed E-state index contributed by atoms with van der Waals surface area (Å²) in [4.78, 5) is 49.7. The van der Waals surface area contributed by atoms with E-state index >= 15 is 0 Å². The monoisotopic (exact) mass is 466 g/mol. The first-order chi connectivity index (χ1) is 16.4. The van der Waals surface area contributed by atoms with Crippen molar-refractivity contribution in [3.63, 3.8) is 0 Å². The van der Waals surface area contributed by atoms with Crippen molar-refractivity contribution >= 4 is 34.4 Å². The number of amides is 2. The molecule has 9 heteroatoms. The van der Waals surface area contributed by atoms with Gasteiger partial charge in [0, 0.05) is 29.8 Å². The summed E-state index contributed by atoms with van der Waals surface area (Å²) in [6.07, 6.45) is 0.637. The molecule has 0 saturated carbocycles. The molecule has 1 aromatic heterocycles. The molecule has 3 aromatic rings. The zero-order valence-corrected chi connectivity index (χ0v) is 19.0. The van der Waals surface area contributed by atoms with Gasteiger partial charge in [-0.25, -0.2) is 9.59 Å². The molecule has 178 valence electrons. The van der Waals surface area contributed by atoms with Crippen LogP contribution >= 0.6 is 0 Å². The van der Waals surface area contributed by atoms with E-state index in [9.17, 15) is 19.2 Å². The third-order valence-electron chi connectivity index (χ3n) is 4.91. The Kier molecular flexibility index (Phi) is 8.39. The van der Waals surface area contributed by atoms with Gasteiger partial charge in [0.1, 0.15) is 11.3 Å². The van der Waals surface area contributed by atoms with Crippen LogP contribution in [0.5, 0.6) is 5.75 Å². The summed E-state index contributed by atoms with van der Waals surface area (Å²) < 4.78 is 15.5. The molecule has 0 aliphatic heterocycles. The number of nitrogens with one attached hydrogen (secondary N) is 1. The predicted octanol–water partition coefficient (Wildman–Crippen LogP) is 2.90. The van der Waals surface area contributed by atoms with Crippen LogP contribution in [0, 0.1) is 6.92 Å². The SMILES string of the molecule is CCCN(CC(=O)Nc1ccccc1C)C(=O)COC(=O)COc1ccc2ccc(=O)oc2c1. The number of benzene rings is 2. The normalized spacial score (nSPS) is 10.5. The number of nitrogens with zero attached hydrogens (tertiary/aromatic N) is 1. The summed E-state index contributed by atoms with van der Waals surface area (Å²) in [7, 11) is 0. The second kappa shape index (κ2) is 11.6. The van der Waals surface area contributed by atoms with Crippen LogP contribution < -0.4 is 15.7 Å². The minimum atomic E-state index is -0.747. The standard InChI is InChI=1S/C25H26N2O7/c1-3-12-27(14-22(28)26-20-7-5-4-6-17(20)2)23(29)15-33-25(31)16-32-19-10-8-18-9-11-24(30)34-21(18)13-19/h4-11,13H,3,12,14-16H2,1-2H3,(H,26,28). The van der Waals surface area contributed by atoms with Crippen LogP contribution in [-0.4, -0.2) is 49.0 Å². The third kappa shape index (κ3) is 6.93. The zero-order valence-electron chi connectivity index (χ0n) is 19.0. The number of rotatable bonds is 10. The van der Waals surface area contributed by atoms with Gasteiger partial charge in [-0.2, -0.15) is 0 Å². The highest BCUT2D eigenvalue weighted by Gasteiger charge is 2.19. The summed E-state index contributed by atoms with van der Waals surface area (Å²) in [6.45, 7) is 3.00. The van der Waals surface area contributed by atoms with E-state index in [2.05, 4.69) is 5.32 Å². The van der Waals surface area contributed by atoms with E-state index in [0.29, 0.717) is 35.4 Å². The minimum absolute atomic E-state index is 0.155. The maximum atomic E-state index is 12.5. The van der Waals surface area contributed by atoms with Gasteiger partial charge in [0.2, 0.25) is 5.91 Å². The topological polar surface area (TPSA) is 115 Å². The number of hydrogen-bond donors (Lipinski definition) is 1. The summed E-state index contributed by atoms with van der Waals surface area (Å²) in [5.74, 6) is -1.26. The second-order valence-corrected chi connectivity index (χ2v) is 7.58. The first-order valence-corrected chi connectivity index (χ1v) is 10.8. The Morgan fingerprint density at radius 3 is 2.56 bits per heavy atom. The van der Waals surface area contributed by atoms with Gasteiger partial charge in [-0.15, -0.1) is 0 Å². The van der Waals surface area contributed by atoms with Crippen molar-refractivity contribution in [3.8, 4) is 5.75 Å². The second-order valence-electron chi connectivity index (χ2n) is 7.58. The van der Waals surface area contributed by atoms with E-state index in [1.807, 2.05) is 32.0 Å². The van der Waals surface area contributed by atoms with E-state index in [1.165, 1.54) is 17.0 Å². The number of carbonyl (C=O) groups excluding carboxylic acids is 3. The highest BCUT2D eigenvalue weighted by molar-refractivity contribution is 5.95. The fraction of sp³-hybridized carbons (Fsp3) is 0.280. The number of para-hydroxylation sites is 1. The van der Waals surface area contributed by atoms with E-state index in [1.54, 1.807) is 24.3 Å². The Bertz CT molecular complexity index is 1240. The maximum absolute atomic E-state index is 12.5. The summed E-state index contributed by atoms with van der Waals surface area (Å²) in [5.41, 5.74) is 1.42. The van der Waals surface area contributed by atoms with Crippen LogP contribution in [0.3, 0.4) is 0 Å². The minimum Gasteiger partial charge on any atom is -0.482 e. The molecule has 0 unspecified atom stereocenters. The quantitative estimate of drug-likeness (QED) is 0.361. The lowest BCUT2D eigenvalue weighted by molar-refractivity contribution is -0.154. The molecule has 0 aliphatic carbocycles. The lowest BCUT2D eigenvalue weighted by Gasteiger charge is -2.21. The average molecular weight is 466 g/mol. The molecule has 9 nitrogen and oxygen atoms in total. The first kappa shape index (κ1) is 24.5. The number of anilines is 1. The lowest BCUT2D eigenvalue weighted by Crippen LogP contribution is -2.41. The van der Waals surface area contributed by atoms with Gasteiger partial charge < -0.3 is 24.1 Å². The molecule has 3 rings (SSSR count). The highest BCUT2D eigenvalue weighted by atomic mass is 16.6. The van der Waals surface area contributed by atoms with Gasteiger partial charge in [0.05, 0.1) is 6.54 Å². The molecule has 0 fully saturated rings. The summed E-state index contributed by atoms with van der Waals surface area (Å²) in [5, 5.41) is 3.50. The Morgan fingerprint density at radius 1 is 1.03 bits per heavy atom. The molecule has 34 heavy (non-hydrogen) atoms. The van der Waals surface area contributed by atoms with Gasteiger partial charge in [0.15, 0.2) is 13.2 Å². The van der Waals surface area contributed by atoms with Gasteiger partial charge in [-0.1, -0.05) is 25.1 Å². The molecule has 0 aliphatic rings. The van der Waals surface area contributed by atoms with Crippen LogP contribution in [-0.2, 0) is 19.1 Å². The smallest absolute Gasteiger partial charge is 0.344 e. The van der Waals surface area contributed by atoms with Gasteiger partial charge in [0.25, 0.3) is 5.91 Å². The molecule has 2 amide bonds. The highest BCUT2D eigenvalue weighted by Crippen LogP contribution is 2.19. The summed E-state index contributed by atoms with van der Waals surface area (Å²) >= 11 is 0.